The maximum Gasteiger partial charge on any atom is 0.243 e. The van der Waals surface area contributed by atoms with Crippen molar-refractivity contribution in [2.75, 3.05) is 0 Å². The van der Waals surface area contributed by atoms with Crippen molar-refractivity contribution >= 4 is 8.32 Å². The highest BCUT2D eigenvalue weighted by molar-refractivity contribution is 6.84. The highest BCUT2D eigenvalue weighted by atomic mass is 28.4. The Bertz CT molecular complexity index is 335. The van der Waals surface area contributed by atoms with Crippen molar-refractivity contribution in [1.29, 1.82) is 0 Å². The fraction of sp³-hybridized carbons (Fsp3) is 0.286. The van der Waals surface area contributed by atoms with E-state index >= 15 is 0 Å². The van der Waals surface area contributed by atoms with Gasteiger partial charge in [0.15, 0.2) is 0 Å². The molecule has 0 saturated heterocycles. The zero-order valence-electron chi connectivity index (χ0n) is 10.1. The lowest BCUT2D eigenvalue weighted by Crippen LogP contribution is -2.37. The van der Waals surface area contributed by atoms with Crippen LogP contribution in [0.2, 0.25) is 5.54 Å². The molecule has 0 heterocycles. The summed E-state index contributed by atoms with van der Waals surface area (Å²) in [7, 11) is -1.98. The predicted octanol–water partition coefficient (Wildman–Crippen LogP) is 4.01. The van der Waals surface area contributed by atoms with E-state index in [0.717, 1.165) is 0 Å². The van der Waals surface area contributed by atoms with Gasteiger partial charge in [-0.15, -0.1) is 13.2 Å². The molecule has 1 nitrogen and oxygen atoms in total. The lowest BCUT2D eigenvalue weighted by Gasteiger charge is -2.28. The van der Waals surface area contributed by atoms with Crippen LogP contribution in [0, 0.1) is 0 Å². The van der Waals surface area contributed by atoms with E-state index in [0.29, 0.717) is 12.1 Å². The standard InChI is InChI=1S/C14H20OSi/c1-5-16(6-2,13(3)4)15-12-14-10-8-7-9-11-14/h5-11,13H,1-2,12H2,3-4H3. The first kappa shape index (κ1) is 12.9. The number of benzene rings is 1. The van der Waals surface area contributed by atoms with Gasteiger partial charge in [0.1, 0.15) is 0 Å². The van der Waals surface area contributed by atoms with Gasteiger partial charge in [-0.25, -0.2) is 0 Å². The molecule has 0 bridgehead atoms. The highest BCUT2D eigenvalue weighted by Crippen LogP contribution is 2.25. The molecule has 0 aromatic heterocycles. The van der Waals surface area contributed by atoms with Crippen LogP contribution in [-0.2, 0) is 11.0 Å². The molecule has 0 aliphatic carbocycles. The zero-order chi connectivity index (χ0) is 12.0. The molecule has 0 fully saturated rings. The second kappa shape index (κ2) is 5.82. The molecular formula is C14H20OSi. The number of hydrogen-bond acceptors (Lipinski definition) is 1. The topological polar surface area (TPSA) is 9.23 Å². The zero-order valence-corrected chi connectivity index (χ0v) is 11.1. The van der Waals surface area contributed by atoms with Gasteiger partial charge in [-0.05, 0) is 11.1 Å². The Morgan fingerprint density at radius 1 is 1.19 bits per heavy atom. The van der Waals surface area contributed by atoms with Gasteiger partial charge in [0, 0.05) is 0 Å². The average Bonchev–Trinajstić information content (AvgIpc) is 2.32. The van der Waals surface area contributed by atoms with Gasteiger partial charge in [-0.1, -0.05) is 55.6 Å². The lowest BCUT2D eigenvalue weighted by molar-refractivity contribution is 0.296. The van der Waals surface area contributed by atoms with Crippen molar-refractivity contribution < 1.29 is 4.43 Å². The Kier molecular flexibility index (Phi) is 4.71. The summed E-state index contributed by atoms with van der Waals surface area (Å²) in [5.74, 6) is 0. The van der Waals surface area contributed by atoms with Gasteiger partial charge in [0.2, 0.25) is 8.32 Å². The predicted molar refractivity (Wildman–Crippen MR) is 72.5 cm³/mol. The molecule has 0 N–H and O–H groups in total. The minimum atomic E-state index is -1.98. The quantitative estimate of drug-likeness (QED) is 0.673. The summed E-state index contributed by atoms with van der Waals surface area (Å²) in [6.45, 7) is 12.8. The first-order valence-corrected chi connectivity index (χ1v) is 7.73. The summed E-state index contributed by atoms with van der Waals surface area (Å²) in [4.78, 5) is 0. The van der Waals surface area contributed by atoms with Crippen molar-refractivity contribution in [3.05, 3.63) is 60.5 Å². The molecule has 0 atom stereocenters. The van der Waals surface area contributed by atoms with Crippen molar-refractivity contribution in [1.82, 2.24) is 0 Å². The molecule has 86 valence electrons. The lowest BCUT2D eigenvalue weighted by atomic mass is 10.2. The third kappa shape index (κ3) is 2.94. The average molecular weight is 232 g/mol. The SMILES string of the molecule is C=C[Si](C=C)(OCc1ccccc1)C(C)C. The van der Waals surface area contributed by atoms with Crippen LogP contribution in [0.3, 0.4) is 0 Å². The Morgan fingerprint density at radius 2 is 1.75 bits per heavy atom. The molecule has 0 radical (unpaired) electrons. The van der Waals surface area contributed by atoms with Crippen LogP contribution in [0.1, 0.15) is 19.4 Å². The van der Waals surface area contributed by atoms with Crippen molar-refractivity contribution in [3.8, 4) is 0 Å². The van der Waals surface area contributed by atoms with Gasteiger partial charge in [-0.3, -0.25) is 0 Å². The second-order valence-corrected chi connectivity index (χ2v) is 8.16. The second-order valence-electron chi connectivity index (χ2n) is 4.19. The summed E-state index contributed by atoms with van der Waals surface area (Å²) in [5.41, 5.74) is 5.59. The van der Waals surface area contributed by atoms with Gasteiger partial charge in [0.05, 0.1) is 6.61 Å². The highest BCUT2D eigenvalue weighted by Gasteiger charge is 2.32. The minimum absolute atomic E-state index is 0.464. The van der Waals surface area contributed by atoms with Crippen molar-refractivity contribution in [2.45, 2.75) is 26.0 Å². The van der Waals surface area contributed by atoms with E-state index in [1.807, 2.05) is 29.6 Å². The van der Waals surface area contributed by atoms with E-state index in [9.17, 15) is 0 Å². The largest absolute Gasteiger partial charge is 0.405 e. The van der Waals surface area contributed by atoms with E-state index in [4.69, 9.17) is 4.43 Å². The Balaban J connectivity index is 2.71. The molecular weight excluding hydrogens is 212 g/mol. The van der Waals surface area contributed by atoms with Crippen LogP contribution in [0.15, 0.2) is 54.9 Å². The first-order valence-electron chi connectivity index (χ1n) is 5.59. The van der Waals surface area contributed by atoms with E-state index < -0.39 is 8.32 Å². The molecule has 16 heavy (non-hydrogen) atoms. The van der Waals surface area contributed by atoms with Gasteiger partial charge >= 0.3 is 0 Å². The summed E-state index contributed by atoms with van der Waals surface area (Å²) < 4.78 is 6.08. The van der Waals surface area contributed by atoms with E-state index in [1.54, 1.807) is 0 Å². The van der Waals surface area contributed by atoms with Gasteiger partial charge in [-0.2, -0.15) is 0 Å². The van der Waals surface area contributed by atoms with Crippen molar-refractivity contribution in [3.63, 3.8) is 0 Å². The maximum atomic E-state index is 6.08. The molecule has 0 aliphatic heterocycles. The molecule has 1 aromatic carbocycles. The smallest absolute Gasteiger partial charge is 0.243 e. The summed E-state index contributed by atoms with van der Waals surface area (Å²) in [6, 6.07) is 10.2. The van der Waals surface area contributed by atoms with Crippen LogP contribution in [-0.4, -0.2) is 8.32 Å². The summed E-state index contributed by atoms with van der Waals surface area (Å²) in [6.07, 6.45) is 0. The molecule has 0 spiro atoms. The Labute approximate surface area is 99.6 Å². The molecule has 0 saturated carbocycles. The van der Waals surface area contributed by atoms with Crippen LogP contribution in [0.4, 0.5) is 0 Å². The third-order valence-corrected chi connectivity index (χ3v) is 6.60. The third-order valence-electron chi connectivity index (χ3n) is 2.87. The fourth-order valence-corrected chi connectivity index (χ4v) is 3.72. The minimum Gasteiger partial charge on any atom is -0.405 e. The van der Waals surface area contributed by atoms with Crippen LogP contribution in [0.5, 0.6) is 0 Å². The Hall–Kier alpha value is -1.12. The van der Waals surface area contributed by atoms with Gasteiger partial charge < -0.3 is 4.43 Å². The molecule has 0 unspecified atom stereocenters. The van der Waals surface area contributed by atoms with E-state index in [1.165, 1.54) is 5.56 Å². The van der Waals surface area contributed by atoms with Crippen LogP contribution < -0.4 is 0 Å². The fourth-order valence-electron chi connectivity index (χ4n) is 1.62. The van der Waals surface area contributed by atoms with E-state index in [2.05, 4.69) is 39.1 Å². The molecule has 2 heteroatoms. The van der Waals surface area contributed by atoms with Crippen LogP contribution in [0.25, 0.3) is 0 Å². The molecule has 0 amide bonds. The maximum absolute atomic E-state index is 6.08. The molecule has 0 aliphatic rings. The van der Waals surface area contributed by atoms with Gasteiger partial charge in [0.25, 0.3) is 0 Å². The normalized spacial score (nSPS) is 11.4. The molecule has 1 aromatic rings. The number of hydrogen-bond donors (Lipinski definition) is 0. The summed E-state index contributed by atoms with van der Waals surface area (Å²) in [5, 5.41) is 0. The Morgan fingerprint density at radius 3 is 2.19 bits per heavy atom. The first-order chi connectivity index (χ1) is 7.64. The van der Waals surface area contributed by atoms with E-state index in [-0.39, 0.29) is 0 Å². The number of rotatable bonds is 6. The monoisotopic (exact) mass is 232 g/mol. The van der Waals surface area contributed by atoms with Crippen molar-refractivity contribution in [2.24, 2.45) is 0 Å². The molecule has 1 rings (SSSR count). The summed E-state index contributed by atoms with van der Waals surface area (Å²) >= 11 is 0. The van der Waals surface area contributed by atoms with Crippen LogP contribution >= 0.6 is 0 Å².